The predicted octanol–water partition coefficient (Wildman–Crippen LogP) is 4.41. The number of hydrogen-bond acceptors (Lipinski definition) is 5. The van der Waals surface area contributed by atoms with Crippen LogP contribution < -0.4 is 10.1 Å². The standard InChI is InChI=1S/C22H32F3N3O4/c1-7-16-15(10-12-28(16)19(30)32-20(2,3)4)27-18(29)21(5,6)13-31-17-14(22(23,24)25)9-8-11-26-17/h8-9,11,15-16H,7,10,12-13H2,1-6H3,(H,27,29). The van der Waals surface area contributed by atoms with Crippen molar-refractivity contribution >= 4 is 12.0 Å². The summed E-state index contributed by atoms with van der Waals surface area (Å²) in [6.07, 6.45) is -2.67. The Kier molecular flexibility index (Phi) is 7.67. The first kappa shape index (κ1) is 25.7. The largest absolute Gasteiger partial charge is 0.476 e. The van der Waals surface area contributed by atoms with Gasteiger partial charge in [0.2, 0.25) is 11.8 Å². The Morgan fingerprint density at radius 1 is 1.22 bits per heavy atom. The fourth-order valence-electron chi connectivity index (χ4n) is 3.47. The number of pyridine rings is 1. The first-order chi connectivity index (χ1) is 14.7. The first-order valence-corrected chi connectivity index (χ1v) is 10.6. The number of nitrogens with zero attached hydrogens (tertiary/aromatic N) is 2. The molecule has 1 N–H and O–H groups in total. The van der Waals surface area contributed by atoms with Crippen LogP contribution in [0.15, 0.2) is 18.3 Å². The molecule has 1 fully saturated rings. The maximum absolute atomic E-state index is 13.1. The summed E-state index contributed by atoms with van der Waals surface area (Å²) in [5.41, 5.74) is -2.75. The number of likely N-dealkylation sites (tertiary alicyclic amines) is 1. The summed E-state index contributed by atoms with van der Waals surface area (Å²) >= 11 is 0. The lowest BCUT2D eigenvalue weighted by Gasteiger charge is -2.32. The summed E-state index contributed by atoms with van der Waals surface area (Å²) in [5, 5.41) is 2.94. The van der Waals surface area contributed by atoms with Crippen LogP contribution in [0, 0.1) is 5.41 Å². The third-order valence-electron chi connectivity index (χ3n) is 5.17. The maximum atomic E-state index is 13.1. The molecule has 1 aromatic heterocycles. The Balaban J connectivity index is 2.03. The van der Waals surface area contributed by atoms with Crippen LogP contribution in [0.3, 0.4) is 0 Å². The van der Waals surface area contributed by atoms with Crippen LogP contribution in [-0.4, -0.2) is 52.7 Å². The van der Waals surface area contributed by atoms with Gasteiger partial charge in [-0.1, -0.05) is 6.92 Å². The van der Waals surface area contributed by atoms with Gasteiger partial charge in [0.05, 0.1) is 17.5 Å². The van der Waals surface area contributed by atoms with Crippen LogP contribution in [0.4, 0.5) is 18.0 Å². The molecule has 180 valence electrons. The van der Waals surface area contributed by atoms with E-state index in [1.54, 1.807) is 39.5 Å². The Labute approximate surface area is 186 Å². The number of nitrogens with one attached hydrogen (secondary N) is 1. The van der Waals surface area contributed by atoms with Gasteiger partial charge in [0.25, 0.3) is 0 Å². The topological polar surface area (TPSA) is 80.8 Å². The van der Waals surface area contributed by atoms with Crippen molar-refractivity contribution in [2.45, 2.75) is 78.2 Å². The van der Waals surface area contributed by atoms with Crippen molar-refractivity contribution in [2.75, 3.05) is 13.2 Å². The van der Waals surface area contributed by atoms with Crippen LogP contribution >= 0.6 is 0 Å². The highest BCUT2D eigenvalue weighted by Crippen LogP contribution is 2.35. The molecule has 0 bridgehead atoms. The third kappa shape index (κ3) is 6.49. The summed E-state index contributed by atoms with van der Waals surface area (Å²) in [6, 6.07) is 1.53. The van der Waals surface area contributed by atoms with Gasteiger partial charge in [-0.3, -0.25) is 4.79 Å². The second-order valence-corrected chi connectivity index (χ2v) is 9.54. The number of rotatable bonds is 6. The van der Waals surface area contributed by atoms with Gasteiger partial charge in [-0.2, -0.15) is 13.2 Å². The highest BCUT2D eigenvalue weighted by atomic mass is 19.4. The van der Waals surface area contributed by atoms with Gasteiger partial charge >= 0.3 is 12.3 Å². The summed E-state index contributed by atoms with van der Waals surface area (Å²) in [6.45, 7) is 10.6. The molecular weight excluding hydrogens is 427 g/mol. The van der Waals surface area contributed by atoms with Crippen molar-refractivity contribution in [3.8, 4) is 5.88 Å². The Morgan fingerprint density at radius 3 is 2.44 bits per heavy atom. The molecule has 0 aromatic carbocycles. The number of carbonyl (C=O) groups excluding carboxylic acids is 2. The predicted molar refractivity (Wildman–Crippen MR) is 112 cm³/mol. The summed E-state index contributed by atoms with van der Waals surface area (Å²) in [7, 11) is 0. The molecule has 10 heteroatoms. The van der Waals surface area contributed by atoms with Gasteiger partial charge in [0.1, 0.15) is 17.8 Å². The fraction of sp³-hybridized carbons (Fsp3) is 0.682. The first-order valence-electron chi connectivity index (χ1n) is 10.6. The van der Waals surface area contributed by atoms with Crippen molar-refractivity contribution in [1.29, 1.82) is 0 Å². The van der Waals surface area contributed by atoms with Crippen LogP contribution in [0.1, 0.15) is 59.9 Å². The SMILES string of the molecule is CCC1C(NC(=O)C(C)(C)COc2ncccc2C(F)(F)F)CCN1C(=O)OC(C)(C)C. The lowest BCUT2D eigenvalue weighted by atomic mass is 9.92. The minimum absolute atomic E-state index is 0.238. The Hall–Kier alpha value is -2.52. The fourth-order valence-corrected chi connectivity index (χ4v) is 3.47. The number of halogens is 3. The van der Waals surface area contributed by atoms with Gasteiger partial charge in [0.15, 0.2) is 0 Å². The normalized spacial score (nSPS) is 19.6. The van der Waals surface area contributed by atoms with E-state index in [1.165, 1.54) is 12.3 Å². The molecule has 7 nitrogen and oxygen atoms in total. The number of carbonyl (C=O) groups is 2. The Bertz CT molecular complexity index is 821. The van der Waals surface area contributed by atoms with Gasteiger partial charge in [-0.05, 0) is 59.6 Å². The number of alkyl halides is 3. The van der Waals surface area contributed by atoms with E-state index in [0.29, 0.717) is 19.4 Å². The zero-order valence-corrected chi connectivity index (χ0v) is 19.4. The minimum atomic E-state index is -4.61. The average molecular weight is 460 g/mol. The van der Waals surface area contributed by atoms with Crippen molar-refractivity contribution in [3.63, 3.8) is 0 Å². The quantitative estimate of drug-likeness (QED) is 0.682. The van der Waals surface area contributed by atoms with Crippen LogP contribution in [0.25, 0.3) is 0 Å². The second-order valence-electron chi connectivity index (χ2n) is 9.54. The van der Waals surface area contributed by atoms with Gasteiger partial charge in [-0.15, -0.1) is 0 Å². The molecule has 2 atom stereocenters. The highest BCUT2D eigenvalue weighted by molar-refractivity contribution is 5.82. The summed E-state index contributed by atoms with van der Waals surface area (Å²) in [4.78, 5) is 30.7. The van der Waals surface area contributed by atoms with Crippen LogP contribution in [-0.2, 0) is 15.7 Å². The lowest BCUT2D eigenvalue weighted by molar-refractivity contribution is -0.139. The maximum Gasteiger partial charge on any atom is 0.421 e. The van der Waals surface area contributed by atoms with Crippen molar-refractivity contribution in [1.82, 2.24) is 15.2 Å². The van der Waals surface area contributed by atoms with Crippen molar-refractivity contribution in [2.24, 2.45) is 5.41 Å². The van der Waals surface area contributed by atoms with E-state index in [0.717, 1.165) is 6.07 Å². The van der Waals surface area contributed by atoms with Crippen LogP contribution in [0.2, 0.25) is 0 Å². The summed E-state index contributed by atoms with van der Waals surface area (Å²) in [5.74, 6) is -0.944. The molecule has 1 aromatic rings. The molecule has 32 heavy (non-hydrogen) atoms. The highest BCUT2D eigenvalue weighted by Gasteiger charge is 2.41. The van der Waals surface area contributed by atoms with E-state index >= 15 is 0 Å². The van der Waals surface area contributed by atoms with Crippen molar-refractivity contribution < 1.29 is 32.2 Å². The molecule has 2 rings (SSSR count). The van der Waals surface area contributed by atoms with Gasteiger partial charge in [0, 0.05) is 12.7 Å². The monoisotopic (exact) mass is 459 g/mol. The molecule has 0 saturated carbocycles. The van der Waals surface area contributed by atoms with E-state index in [4.69, 9.17) is 9.47 Å². The van der Waals surface area contributed by atoms with E-state index in [1.807, 2.05) is 6.92 Å². The molecule has 0 radical (unpaired) electrons. The molecule has 1 saturated heterocycles. The number of aromatic nitrogens is 1. The van der Waals surface area contributed by atoms with E-state index in [-0.39, 0.29) is 24.6 Å². The zero-order chi connectivity index (χ0) is 24.3. The van der Waals surface area contributed by atoms with E-state index in [9.17, 15) is 22.8 Å². The third-order valence-corrected chi connectivity index (χ3v) is 5.17. The Morgan fingerprint density at radius 2 is 1.88 bits per heavy atom. The van der Waals surface area contributed by atoms with Crippen LogP contribution in [0.5, 0.6) is 5.88 Å². The van der Waals surface area contributed by atoms with Gasteiger partial charge in [-0.25, -0.2) is 9.78 Å². The summed E-state index contributed by atoms with van der Waals surface area (Å²) < 4.78 is 50.2. The van der Waals surface area contributed by atoms with Gasteiger partial charge < -0.3 is 19.7 Å². The van der Waals surface area contributed by atoms with E-state index in [2.05, 4.69) is 10.3 Å². The number of amides is 2. The smallest absolute Gasteiger partial charge is 0.421 e. The second kappa shape index (κ2) is 9.54. The zero-order valence-electron chi connectivity index (χ0n) is 19.4. The van der Waals surface area contributed by atoms with E-state index < -0.39 is 34.7 Å². The molecule has 2 heterocycles. The lowest BCUT2D eigenvalue weighted by Crippen LogP contribution is -2.51. The average Bonchev–Trinajstić information content (AvgIpc) is 3.07. The molecule has 1 aliphatic rings. The number of hydrogen-bond donors (Lipinski definition) is 1. The molecule has 2 amide bonds. The minimum Gasteiger partial charge on any atom is -0.476 e. The molecule has 2 unspecified atom stereocenters. The molecular formula is C22H32F3N3O4. The number of ether oxygens (including phenoxy) is 2. The molecule has 0 spiro atoms. The molecule has 0 aliphatic carbocycles. The van der Waals surface area contributed by atoms with Crippen molar-refractivity contribution in [3.05, 3.63) is 23.9 Å². The molecule has 1 aliphatic heterocycles.